The summed E-state index contributed by atoms with van der Waals surface area (Å²) in [5, 5.41) is 11.7. The molecular formula is C10H17IN4. The molecule has 0 bridgehead atoms. The van der Waals surface area contributed by atoms with Gasteiger partial charge >= 0.3 is 0 Å². The van der Waals surface area contributed by atoms with Crippen molar-refractivity contribution < 1.29 is 0 Å². The Morgan fingerprint density at radius 3 is 2.53 bits per heavy atom. The molecule has 0 amide bonds. The van der Waals surface area contributed by atoms with Gasteiger partial charge in [0.25, 0.3) is 0 Å². The predicted octanol–water partition coefficient (Wildman–Crippen LogP) is 3.10. The third kappa shape index (κ3) is 3.89. The Bertz CT molecular complexity index is 328. The molecule has 0 unspecified atom stereocenters. The van der Waals surface area contributed by atoms with Gasteiger partial charge in [0, 0.05) is 0 Å². The van der Waals surface area contributed by atoms with E-state index >= 15 is 0 Å². The van der Waals surface area contributed by atoms with Crippen LogP contribution in [0.15, 0.2) is 6.08 Å². The number of allylic oxidation sites excluding steroid dienone is 1. The number of rotatable bonds is 5. The van der Waals surface area contributed by atoms with Crippen LogP contribution in [0.1, 0.15) is 45.9 Å². The summed E-state index contributed by atoms with van der Waals surface area (Å²) in [5.74, 6) is 0.680. The van der Waals surface area contributed by atoms with E-state index in [1.54, 1.807) is 0 Å². The van der Waals surface area contributed by atoms with Gasteiger partial charge in [-0.2, -0.15) is 0 Å². The first-order chi connectivity index (χ1) is 7.09. The number of hydrogen-bond donors (Lipinski definition) is 0. The fraction of sp³-hybridized carbons (Fsp3) is 0.700. The lowest BCUT2D eigenvalue weighted by Gasteiger charge is -2.24. The first kappa shape index (κ1) is 12.6. The summed E-state index contributed by atoms with van der Waals surface area (Å²) in [6.07, 6.45) is 7.53. The van der Waals surface area contributed by atoms with Crippen molar-refractivity contribution in [3.05, 3.63) is 11.9 Å². The Kier molecular flexibility index (Phi) is 4.69. The third-order valence-electron chi connectivity index (χ3n) is 2.99. The van der Waals surface area contributed by atoms with Crippen molar-refractivity contribution in [2.24, 2.45) is 5.41 Å². The Balaban J connectivity index is 2.52. The van der Waals surface area contributed by atoms with E-state index in [9.17, 15) is 0 Å². The van der Waals surface area contributed by atoms with Crippen molar-refractivity contribution in [3.8, 4) is 0 Å². The molecule has 0 atom stereocenters. The van der Waals surface area contributed by atoms with Gasteiger partial charge in [-0.1, -0.05) is 39.7 Å². The maximum Gasteiger partial charge on any atom is 0.198 e. The van der Waals surface area contributed by atoms with E-state index in [1.165, 1.54) is 15.9 Å². The zero-order chi connectivity index (χ0) is 11.3. The highest BCUT2D eigenvalue weighted by Gasteiger charge is 2.17. The zero-order valence-corrected chi connectivity index (χ0v) is 11.6. The lowest BCUT2D eigenvalue weighted by molar-refractivity contribution is 0.303. The monoisotopic (exact) mass is 320 g/mol. The number of aromatic nitrogens is 4. The van der Waals surface area contributed by atoms with E-state index in [0.29, 0.717) is 11.2 Å². The molecule has 0 spiro atoms. The maximum atomic E-state index is 4.08. The Morgan fingerprint density at radius 1 is 1.40 bits per heavy atom. The van der Waals surface area contributed by atoms with E-state index in [1.807, 2.05) is 28.9 Å². The van der Waals surface area contributed by atoms with Gasteiger partial charge in [0.2, 0.25) is 0 Å². The number of nitrogens with zero attached hydrogens (tertiary/aromatic N) is 4. The molecular weight excluding hydrogens is 303 g/mol. The molecule has 15 heavy (non-hydrogen) atoms. The second kappa shape index (κ2) is 5.58. The SMILES string of the molecule is CCC(C)(CC)C/C=C/c1nnn(I)n1. The van der Waals surface area contributed by atoms with Crippen LogP contribution in [0.3, 0.4) is 0 Å². The molecule has 1 heterocycles. The lowest BCUT2D eigenvalue weighted by Crippen LogP contribution is -2.11. The minimum absolute atomic E-state index is 0.400. The first-order valence-corrected chi connectivity index (χ1v) is 6.19. The Morgan fingerprint density at radius 2 is 2.07 bits per heavy atom. The van der Waals surface area contributed by atoms with Crippen molar-refractivity contribution in [3.63, 3.8) is 0 Å². The summed E-state index contributed by atoms with van der Waals surface area (Å²) in [7, 11) is 0. The van der Waals surface area contributed by atoms with E-state index in [2.05, 4.69) is 42.3 Å². The van der Waals surface area contributed by atoms with Gasteiger partial charge in [-0.25, -0.2) is 0 Å². The number of hydrogen-bond acceptors (Lipinski definition) is 3. The average Bonchev–Trinajstić information content (AvgIpc) is 2.64. The minimum atomic E-state index is 0.400. The van der Waals surface area contributed by atoms with Gasteiger partial charge in [-0.3, -0.25) is 0 Å². The molecule has 5 heteroatoms. The van der Waals surface area contributed by atoms with Crippen molar-refractivity contribution in [1.29, 1.82) is 0 Å². The molecule has 84 valence electrons. The fourth-order valence-electron chi connectivity index (χ4n) is 1.26. The summed E-state index contributed by atoms with van der Waals surface area (Å²) in [6, 6.07) is 0. The van der Waals surface area contributed by atoms with E-state index in [-0.39, 0.29) is 0 Å². The van der Waals surface area contributed by atoms with Crippen LogP contribution in [0.25, 0.3) is 6.08 Å². The molecule has 0 aliphatic heterocycles. The molecule has 0 saturated carbocycles. The van der Waals surface area contributed by atoms with Gasteiger partial charge in [0.1, 0.15) is 22.9 Å². The quantitative estimate of drug-likeness (QED) is 0.783. The molecule has 0 aliphatic carbocycles. The van der Waals surface area contributed by atoms with Gasteiger partial charge in [0.05, 0.1) is 0 Å². The first-order valence-electron chi connectivity index (χ1n) is 5.22. The molecule has 4 nitrogen and oxygen atoms in total. The fourth-order valence-corrected chi connectivity index (χ4v) is 1.58. The van der Waals surface area contributed by atoms with E-state index in [0.717, 1.165) is 6.42 Å². The molecule has 0 saturated heterocycles. The van der Waals surface area contributed by atoms with Crippen LogP contribution in [-0.4, -0.2) is 18.4 Å². The summed E-state index contributed by atoms with van der Waals surface area (Å²) in [4.78, 5) is 0. The summed E-state index contributed by atoms with van der Waals surface area (Å²) in [6.45, 7) is 6.77. The predicted molar refractivity (Wildman–Crippen MR) is 69.6 cm³/mol. The van der Waals surface area contributed by atoms with Crippen molar-refractivity contribution in [2.45, 2.75) is 40.0 Å². The van der Waals surface area contributed by atoms with Crippen LogP contribution < -0.4 is 0 Å². The van der Waals surface area contributed by atoms with Gasteiger partial charge in [-0.05, 0) is 23.1 Å². The summed E-state index contributed by atoms with van der Waals surface area (Å²) in [5.41, 5.74) is 0.400. The molecule has 1 aromatic heterocycles. The molecule has 0 aromatic carbocycles. The molecule has 0 fully saturated rings. The molecule has 0 radical (unpaired) electrons. The largest absolute Gasteiger partial charge is 0.198 e. The van der Waals surface area contributed by atoms with Crippen LogP contribution in [-0.2, 0) is 0 Å². The molecule has 0 N–H and O–H groups in total. The maximum absolute atomic E-state index is 4.08. The lowest BCUT2D eigenvalue weighted by atomic mass is 9.81. The molecule has 1 rings (SSSR count). The summed E-state index contributed by atoms with van der Waals surface area (Å²) >= 11 is 1.98. The Labute approximate surface area is 105 Å². The highest BCUT2D eigenvalue weighted by Crippen LogP contribution is 2.29. The second-order valence-electron chi connectivity index (χ2n) is 4.01. The normalized spacial score (nSPS) is 12.5. The number of halogens is 1. The third-order valence-corrected chi connectivity index (χ3v) is 3.40. The van der Waals surface area contributed by atoms with Gasteiger partial charge in [-0.15, -0.1) is 13.2 Å². The topological polar surface area (TPSA) is 43.6 Å². The standard InChI is InChI=1S/C10H17IN4/c1-4-10(3,5-2)8-6-7-9-12-14-15(11)13-9/h6-7H,4-5,8H2,1-3H3/b7-6+. The van der Waals surface area contributed by atoms with Crippen LogP contribution in [0, 0.1) is 5.41 Å². The molecule has 0 aliphatic rings. The highest BCUT2D eigenvalue weighted by molar-refractivity contribution is 14.1. The number of tetrazole rings is 1. The molecule has 1 aromatic rings. The van der Waals surface area contributed by atoms with Crippen molar-refractivity contribution >= 4 is 28.9 Å². The second-order valence-corrected chi connectivity index (χ2v) is 4.88. The van der Waals surface area contributed by atoms with Crippen LogP contribution >= 0.6 is 22.9 Å². The minimum Gasteiger partial charge on any atom is -0.122 e. The van der Waals surface area contributed by atoms with Crippen molar-refractivity contribution in [1.82, 2.24) is 18.4 Å². The van der Waals surface area contributed by atoms with E-state index in [4.69, 9.17) is 0 Å². The van der Waals surface area contributed by atoms with Crippen molar-refractivity contribution in [2.75, 3.05) is 0 Å². The highest BCUT2D eigenvalue weighted by atomic mass is 127. The zero-order valence-electron chi connectivity index (χ0n) is 9.44. The van der Waals surface area contributed by atoms with E-state index < -0.39 is 0 Å². The van der Waals surface area contributed by atoms with Gasteiger partial charge in [0.15, 0.2) is 5.82 Å². The summed E-state index contributed by atoms with van der Waals surface area (Å²) < 4.78 is 1.44. The smallest absolute Gasteiger partial charge is 0.122 e. The van der Waals surface area contributed by atoms with Crippen LogP contribution in [0.2, 0.25) is 0 Å². The van der Waals surface area contributed by atoms with Crippen LogP contribution in [0.5, 0.6) is 0 Å². The average molecular weight is 320 g/mol. The van der Waals surface area contributed by atoms with Crippen LogP contribution in [0.4, 0.5) is 0 Å². The van der Waals surface area contributed by atoms with Gasteiger partial charge < -0.3 is 0 Å². The Hall–Kier alpha value is -0.460.